The first kappa shape index (κ1) is 20.2. The number of ether oxygens (including phenoxy) is 2. The fraction of sp³-hybridized carbons (Fsp3) is 0.364. The van der Waals surface area contributed by atoms with Crippen molar-refractivity contribution in [2.45, 2.75) is 25.0 Å². The van der Waals surface area contributed by atoms with Gasteiger partial charge in [-0.15, -0.1) is 0 Å². The van der Waals surface area contributed by atoms with Crippen molar-refractivity contribution < 1.29 is 23.5 Å². The topological polar surface area (TPSA) is 71.1 Å². The Morgan fingerprint density at radius 1 is 1.23 bits per heavy atom. The van der Waals surface area contributed by atoms with E-state index in [9.17, 15) is 14.0 Å². The zero-order valence-corrected chi connectivity index (χ0v) is 16.9. The number of halogens is 1. The Bertz CT molecular complexity index is 950. The maximum Gasteiger partial charge on any atom is 0.325 e. The molecule has 0 saturated carbocycles. The van der Waals surface area contributed by atoms with Gasteiger partial charge in [-0.25, -0.2) is 9.18 Å². The van der Waals surface area contributed by atoms with E-state index in [-0.39, 0.29) is 23.7 Å². The number of rotatable bonds is 5. The standard InChI is InChI=1S/C22H24FN3O4/c1-24-21(27)17-8-5-15(11-18(17)23)26-20-13-30-10-9-19(20)25(22(26)28)12-14-3-6-16(29-2)7-4-14/h3-8,11,19-20H,9-10,12-13H2,1-2H3,(H,24,27). The lowest BCUT2D eigenvalue weighted by Gasteiger charge is -2.31. The van der Waals surface area contributed by atoms with Crippen LogP contribution in [0.25, 0.3) is 0 Å². The molecule has 0 bridgehead atoms. The second-order valence-corrected chi connectivity index (χ2v) is 7.37. The number of nitrogens with zero attached hydrogens (tertiary/aromatic N) is 2. The van der Waals surface area contributed by atoms with Crippen LogP contribution in [-0.2, 0) is 11.3 Å². The summed E-state index contributed by atoms with van der Waals surface area (Å²) in [6.07, 6.45) is 0.710. The molecule has 0 aliphatic carbocycles. The number of methoxy groups -OCH3 is 1. The van der Waals surface area contributed by atoms with Gasteiger partial charge in [0.15, 0.2) is 0 Å². The van der Waals surface area contributed by atoms with Crippen LogP contribution in [0, 0.1) is 5.82 Å². The van der Waals surface area contributed by atoms with Crippen LogP contribution in [0.1, 0.15) is 22.3 Å². The number of carbonyl (C=O) groups is 2. The molecule has 0 spiro atoms. The second kappa shape index (κ2) is 8.31. The van der Waals surface area contributed by atoms with Gasteiger partial charge in [0.25, 0.3) is 5.91 Å². The van der Waals surface area contributed by atoms with Gasteiger partial charge in [0.05, 0.1) is 31.4 Å². The Morgan fingerprint density at radius 2 is 2.00 bits per heavy atom. The first-order valence-electron chi connectivity index (χ1n) is 9.85. The fourth-order valence-electron chi connectivity index (χ4n) is 4.13. The molecule has 2 fully saturated rings. The first-order valence-corrected chi connectivity index (χ1v) is 9.85. The van der Waals surface area contributed by atoms with Crippen molar-refractivity contribution in [3.05, 3.63) is 59.4 Å². The summed E-state index contributed by atoms with van der Waals surface area (Å²) in [6, 6.07) is 11.4. The van der Waals surface area contributed by atoms with Crippen LogP contribution < -0.4 is 15.0 Å². The van der Waals surface area contributed by atoms with E-state index in [2.05, 4.69) is 5.32 Å². The molecule has 2 saturated heterocycles. The third-order valence-corrected chi connectivity index (χ3v) is 5.69. The SMILES string of the molecule is CNC(=O)c1ccc(N2C(=O)N(Cc3ccc(OC)cc3)C3CCOCC32)cc1F. The number of anilines is 1. The molecule has 158 valence electrons. The smallest absolute Gasteiger partial charge is 0.325 e. The highest BCUT2D eigenvalue weighted by molar-refractivity contribution is 5.98. The Balaban J connectivity index is 1.63. The first-order chi connectivity index (χ1) is 14.5. The van der Waals surface area contributed by atoms with Gasteiger partial charge in [-0.05, 0) is 42.3 Å². The number of amides is 3. The Kier molecular flexibility index (Phi) is 5.59. The molecule has 2 aromatic rings. The summed E-state index contributed by atoms with van der Waals surface area (Å²) in [6.45, 7) is 1.40. The van der Waals surface area contributed by atoms with Gasteiger partial charge in [-0.3, -0.25) is 9.69 Å². The van der Waals surface area contributed by atoms with Gasteiger partial charge in [-0.2, -0.15) is 0 Å². The van der Waals surface area contributed by atoms with Crippen LogP contribution in [0.3, 0.4) is 0 Å². The number of hydrogen-bond acceptors (Lipinski definition) is 4. The van der Waals surface area contributed by atoms with Crippen molar-refractivity contribution in [3.8, 4) is 5.75 Å². The van der Waals surface area contributed by atoms with Gasteiger partial charge < -0.3 is 19.7 Å². The number of fused-ring (bicyclic) bond motifs is 1. The Hall–Kier alpha value is -3.13. The van der Waals surface area contributed by atoms with E-state index < -0.39 is 11.7 Å². The van der Waals surface area contributed by atoms with Crippen LogP contribution in [0.4, 0.5) is 14.9 Å². The highest BCUT2D eigenvalue weighted by Gasteiger charge is 2.47. The van der Waals surface area contributed by atoms with Crippen molar-refractivity contribution in [3.63, 3.8) is 0 Å². The molecule has 0 radical (unpaired) electrons. The Morgan fingerprint density at radius 3 is 2.67 bits per heavy atom. The molecule has 7 nitrogen and oxygen atoms in total. The predicted molar refractivity (Wildman–Crippen MR) is 109 cm³/mol. The molecular formula is C22H24FN3O4. The second-order valence-electron chi connectivity index (χ2n) is 7.37. The van der Waals surface area contributed by atoms with Crippen molar-refractivity contribution >= 4 is 17.6 Å². The molecule has 2 aliphatic rings. The van der Waals surface area contributed by atoms with Crippen LogP contribution >= 0.6 is 0 Å². The highest BCUT2D eigenvalue weighted by atomic mass is 19.1. The summed E-state index contributed by atoms with van der Waals surface area (Å²) in [5, 5.41) is 2.41. The molecule has 2 atom stereocenters. The minimum Gasteiger partial charge on any atom is -0.497 e. The summed E-state index contributed by atoms with van der Waals surface area (Å²) in [4.78, 5) is 28.6. The van der Waals surface area contributed by atoms with E-state index in [1.54, 1.807) is 18.1 Å². The van der Waals surface area contributed by atoms with E-state index in [1.165, 1.54) is 19.2 Å². The Labute approximate surface area is 174 Å². The molecule has 1 N–H and O–H groups in total. The largest absolute Gasteiger partial charge is 0.497 e. The summed E-state index contributed by atoms with van der Waals surface area (Å²) in [7, 11) is 3.05. The third kappa shape index (κ3) is 3.59. The lowest BCUT2D eigenvalue weighted by atomic mass is 10.0. The molecule has 4 rings (SSSR count). The summed E-state index contributed by atoms with van der Waals surface area (Å²) in [5.41, 5.74) is 1.35. The van der Waals surface area contributed by atoms with Crippen LogP contribution in [0.2, 0.25) is 0 Å². The molecule has 0 aromatic heterocycles. The average molecular weight is 413 g/mol. The van der Waals surface area contributed by atoms with Gasteiger partial charge in [0.1, 0.15) is 11.6 Å². The van der Waals surface area contributed by atoms with Crippen molar-refractivity contribution in [2.75, 3.05) is 32.3 Å². The van der Waals surface area contributed by atoms with E-state index >= 15 is 0 Å². The van der Waals surface area contributed by atoms with Crippen molar-refractivity contribution in [2.24, 2.45) is 0 Å². The van der Waals surface area contributed by atoms with E-state index in [0.29, 0.717) is 31.9 Å². The van der Waals surface area contributed by atoms with Crippen LogP contribution in [-0.4, -0.2) is 56.3 Å². The van der Waals surface area contributed by atoms with E-state index in [0.717, 1.165) is 11.3 Å². The van der Waals surface area contributed by atoms with E-state index in [4.69, 9.17) is 9.47 Å². The maximum atomic E-state index is 14.6. The normalized spacial score (nSPS) is 20.8. The average Bonchev–Trinajstić information content (AvgIpc) is 3.05. The van der Waals surface area contributed by atoms with Gasteiger partial charge in [0.2, 0.25) is 0 Å². The minimum absolute atomic E-state index is 0.0324. The summed E-state index contributed by atoms with van der Waals surface area (Å²) < 4.78 is 25.4. The number of nitrogens with one attached hydrogen (secondary N) is 1. The number of hydrogen-bond donors (Lipinski definition) is 1. The van der Waals surface area contributed by atoms with Crippen molar-refractivity contribution in [1.29, 1.82) is 0 Å². The minimum atomic E-state index is -0.665. The monoisotopic (exact) mass is 413 g/mol. The zero-order valence-electron chi connectivity index (χ0n) is 16.9. The zero-order chi connectivity index (χ0) is 21.3. The molecule has 3 amide bonds. The number of urea groups is 1. The number of benzene rings is 2. The van der Waals surface area contributed by atoms with E-state index in [1.807, 2.05) is 29.2 Å². The molecule has 2 aliphatic heterocycles. The number of carbonyl (C=O) groups excluding carboxylic acids is 2. The molecule has 2 aromatic carbocycles. The van der Waals surface area contributed by atoms with Gasteiger partial charge >= 0.3 is 6.03 Å². The summed E-state index contributed by atoms with van der Waals surface area (Å²) >= 11 is 0. The molecular weight excluding hydrogens is 389 g/mol. The van der Waals surface area contributed by atoms with Gasteiger partial charge in [0, 0.05) is 25.9 Å². The molecule has 30 heavy (non-hydrogen) atoms. The van der Waals surface area contributed by atoms with Crippen LogP contribution in [0.5, 0.6) is 5.75 Å². The lowest BCUT2D eigenvalue weighted by molar-refractivity contribution is 0.0493. The van der Waals surface area contributed by atoms with Gasteiger partial charge in [-0.1, -0.05) is 12.1 Å². The maximum absolute atomic E-state index is 14.6. The molecule has 2 unspecified atom stereocenters. The summed E-state index contributed by atoms with van der Waals surface area (Å²) in [5.74, 6) is -0.419. The molecule has 2 heterocycles. The van der Waals surface area contributed by atoms with Crippen molar-refractivity contribution in [1.82, 2.24) is 10.2 Å². The molecule has 8 heteroatoms. The lowest BCUT2D eigenvalue weighted by Crippen LogP contribution is -2.45. The highest BCUT2D eigenvalue weighted by Crippen LogP contribution is 2.35. The fourth-order valence-corrected chi connectivity index (χ4v) is 4.13. The predicted octanol–water partition coefficient (Wildman–Crippen LogP) is 2.79. The third-order valence-electron chi connectivity index (χ3n) is 5.69. The quantitative estimate of drug-likeness (QED) is 0.818. The van der Waals surface area contributed by atoms with Crippen LogP contribution in [0.15, 0.2) is 42.5 Å².